The molecule has 0 radical (unpaired) electrons. The number of allylic oxidation sites excluding steroid dienone is 2. The van der Waals surface area contributed by atoms with Crippen LogP contribution in [-0.4, -0.2) is 31.2 Å². The summed E-state index contributed by atoms with van der Waals surface area (Å²) in [6.07, 6.45) is 5.17. The predicted molar refractivity (Wildman–Crippen MR) is 69.8 cm³/mol. The standard InChI is InChI=1S/C12H16BrNO4/c1-3-17-11(15)10(12(16)18-4-2)9-6-5-8(13)7-14-9/h5-7,9-10,14H,3-4H2,1-2H3. The summed E-state index contributed by atoms with van der Waals surface area (Å²) in [6, 6.07) is -0.454. The number of halogens is 1. The zero-order chi connectivity index (χ0) is 13.5. The molecule has 0 saturated carbocycles. The molecule has 1 aliphatic rings. The molecule has 0 amide bonds. The number of carbonyl (C=O) groups is 2. The second kappa shape index (κ2) is 7.20. The Morgan fingerprint density at radius 2 is 1.89 bits per heavy atom. The number of dihydropyridines is 1. The monoisotopic (exact) mass is 317 g/mol. The number of nitrogens with one attached hydrogen (secondary N) is 1. The smallest absolute Gasteiger partial charge is 0.322 e. The van der Waals surface area contributed by atoms with Crippen molar-refractivity contribution in [1.82, 2.24) is 5.32 Å². The fourth-order valence-corrected chi connectivity index (χ4v) is 1.82. The van der Waals surface area contributed by atoms with Crippen molar-refractivity contribution in [3.05, 3.63) is 22.8 Å². The third-order valence-electron chi connectivity index (χ3n) is 2.32. The number of hydrogen-bond acceptors (Lipinski definition) is 5. The zero-order valence-corrected chi connectivity index (χ0v) is 11.9. The largest absolute Gasteiger partial charge is 0.465 e. The molecule has 0 spiro atoms. The summed E-state index contributed by atoms with van der Waals surface area (Å²) in [4.78, 5) is 23.6. The summed E-state index contributed by atoms with van der Waals surface area (Å²) in [5.74, 6) is -2.15. The minimum absolute atomic E-state index is 0.227. The van der Waals surface area contributed by atoms with Gasteiger partial charge in [-0.2, -0.15) is 0 Å². The van der Waals surface area contributed by atoms with Crippen molar-refractivity contribution in [3.8, 4) is 0 Å². The lowest BCUT2D eigenvalue weighted by molar-refractivity contribution is -0.162. The van der Waals surface area contributed by atoms with Crippen molar-refractivity contribution in [2.45, 2.75) is 19.9 Å². The molecular formula is C12H16BrNO4. The molecule has 0 saturated heterocycles. The van der Waals surface area contributed by atoms with Crippen LogP contribution in [-0.2, 0) is 19.1 Å². The predicted octanol–water partition coefficient (Wildman–Crippen LogP) is 1.49. The molecular weight excluding hydrogens is 302 g/mol. The molecule has 0 bridgehead atoms. The molecule has 0 aromatic heterocycles. The van der Waals surface area contributed by atoms with Crippen molar-refractivity contribution in [3.63, 3.8) is 0 Å². The van der Waals surface area contributed by atoms with Crippen molar-refractivity contribution in [2.24, 2.45) is 5.92 Å². The first-order chi connectivity index (χ1) is 8.60. The Labute approximate surface area is 114 Å². The third kappa shape index (κ3) is 3.87. The number of esters is 2. The molecule has 1 atom stereocenters. The highest BCUT2D eigenvalue weighted by Gasteiger charge is 2.36. The molecule has 0 fully saturated rings. The lowest BCUT2D eigenvalue weighted by atomic mass is 9.98. The number of rotatable bonds is 5. The number of ether oxygens (including phenoxy) is 2. The van der Waals surface area contributed by atoms with Gasteiger partial charge in [0.25, 0.3) is 0 Å². The van der Waals surface area contributed by atoms with Gasteiger partial charge in [0.2, 0.25) is 0 Å². The first kappa shape index (κ1) is 14.8. The summed E-state index contributed by atoms with van der Waals surface area (Å²) in [5.41, 5.74) is 0. The van der Waals surface area contributed by atoms with Gasteiger partial charge in [-0.05, 0) is 35.9 Å². The summed E-state index contributed by atoms with van der Waals surface area (Å²) in [5, 5.41) is 2.95. The van der Waals surface area contributed by atoms with Crippen molar-refractivity contribution in [2.75, 3.05) is 13.2 Å². The number of carbonyl (C=O) groups excluding carboxylic acids is 2. The maximum absolute atomic E-state index is 11.8. The number of hydrogen-bond donors (Lipinski definition) is 1. The van der Waals surface area contributed by atoms with Crippen LogP contribution in [0.15, 0.2) is 22.8 Å². The van der Waals surface area contributed by atoms with E-state index in [9.17, 15) is 9.59 Å². The fourth-order valence-electron chi connectivity index (χ4n) is 1.54. The SMILES string of the molecule is CCOC(=O)C(C(=O)OCC)C1C=CC(Br)=CN1. The van der Waals surface area contributed by atoms with Crippen molar-refractivity contribution < 1.29 is 19.1 Å². The normalized spacial score (nSPS) is 18.0. The van der Waals surface area contributed by atoms with Crippen LogP contribution in [0.4, 0.5) is 0 Å². The average molecular weight is 318 g/mol. The molecule has 6 heteroatoms. The van der Waals surface area contributed by atoms with Crippen LogP contribution in [0.1, 0.15) is 13.8 Å². The first-order valence-corrected chi connectivity index (χ1v) is 6.52. The molecule has 1 N–H and O–H groups in total. The van der Waals surface area contributed by atoms with Crippen LogP contribution in [0.2, 0.25) is 0 Å². The molecule has 1 rings (SSSR count). The van der Waals surface area contributed by atoms with E-state index in [2.05, 4.69) is 21.2 Å². The molecule has 100 valence electrons. The van der Waals surface area contributed by atoms with Gasteiger partial charge in [0, 0.05) is 10.7 Å². The minimum atomic E-state index is -0.988. The van der Waals surface area contributed by atoms with Crippen LogP contribution < -0.4 is 5.32 Å². The Balaban J connectivity index is 2.81. The Morgan fingerprint density at radius 3 is 2.28 bits per heavy atom. The molecule has 0 aromatic carbocycles. The van der Waals surface area contributed by atoms with E-state index in [1.54, 1.807) is 32.2 Å². The topological polar surface area (TPSA) is 64.6 Å². The van der Waals surface area contributed by atoms with Gasteiger partial charge >= 0.3 is 11.9 Å². The summed E-state index contributed by atoms with van der Waals surface area (Å²) >= 11 is 3.28. The fraction of sp³-hybridized carbons (Fsp3) is 0.500. The van der Waals surface area contributed by atoms with E-state index in [4.69, 9.17) is 9.47 Å². The highest BCUT2D eigenvalue weighted by Crippen LogP contribution is 2.17. The van der Waals surface area contributed by atoms with E-state index in [1.165, 1.54) is 0 Å². The van der Waals surface area contributed by atoms with Crippen LogP contribution in [0.3, 0.4) is 0 Å². The molecule has 5 nitrogen and oxygen atoms in total. The van der Waals surface area contributed by atoms with Gasteiger partial charge in [-0.3, -0.25) is 9.59 Å². The van der Waals surface area contributed by atoms with Gasteiger partial charge in [-0.1, -0.05) is 6.08 Å². The Bertz CT molecular complexity index is 360. The summed E-state index contributed by atoms with van der Waals surface area (Å²) in [6.45, 7) is 3.84. The lowest BCUT2D eigenvalue weighted by Gasteiger charge is -2.23. The van der Waals surface area contributed by atoms with Gasteiger partial charge in [-0.15, -0.1) is 0 Å². The van der Waals surface area contributed by atoms with E-state index in [-0.39, 0.29) is 13.2 Å². The lowest BCUT2D eigenvalue weighted by Crippen LogP contribution is -2.43. The van der Waals surface area contributed by atoms with Gasteiger partial charge < -0.3 is 14.8 Å². The molecule has 1 unspecified atom stereocenters. The van der Waals surface area contributed by atoms with E-state index >= 15 is 0 Å². The Kier molecular flexibility index (Phi) is 5.91. The minimum Gasteiger partial charge on any atom is -0.465 e. The first-order valence-electron chi connectivity index (χ1n) is 5.73. The summed E-state index contributed by atoms with van der Waals surface area (Å²) < 4.78 is 10.6. The Morgan fingerprint density at radius 1 is 1.33 bits per heavy atom. The van der Waals surface area contributed by atoms with Crippen LogP contribution >= 0.6 is 15.9 Å². The second-order valence-corrected chi connectivity index (χ2v) is 4.48. The highest BCUT2D eigenvalue weighted by molar-refractivity contribution is 9.11. The van der Waals surface area contributed by atoms with Gasteiger partial charge in [0.05, 0.1) is 19.3 Å². The zero-order valence-electron chi connectivity index (χ0n) is 10.3. The molecule has 0 aliphatic carbocycles. The van der Waals surface area contributed by atoms with E-state index in [1.807, 2.05) is 0 Å². The van der Waals surface area contributed by atoms with Crippen LogP contribution in [0.25, 0.3) is 0 Å². The second-order valence-electron chi connectivity index (χ2n) is 3.56. The van der Waals surface area contributed by atoms with E-state index in [0.29, 0.717) is 0 Å². The van der Waals surface area contributed by atoms with Crippen molar-refractivity contribution in [1.29, 1.82) is 0 Å². The molecule has 1 aliphatic heterocycles. The average Bonchev–Trinajstić information content (AvgIpc) is 2.33. The summed E-state index contributed by atoms with van der Waals surface area (Å²) in [7, 11) is 0. The van der Waals surface area contributed by atoms with Crippen molar-refractivity contribution >= 4 is 27.9 Å². The Hall–Kier alpha value is -1.30. The molecule has 18 heavy (non-hydrogen) atoms. The third-order valence-corrected chi connectivity index (χ3v) is 2.81. The van der Waals surface area contributed by atoms with Gasteiger partial charge in [-0.25, -0.2) is 0 Å². The maximum atomic E-state index is 11.8. The van der Waals surface area contributed by atoms with E-state index < -0.39 is 23.9 Å². The molecule has 1 heterocycles. The van der Waals surface area contributed by atoms with Gasteiger partial charge in [0.1, 0.15) is 0 Å². The quantitative estimate of drug-likeness (QED) is 0.615. The highest BCUT2D eigenvalue weighted by atomic mass is 79.9. The molecule has 0 aromatic rings. The maximum Gasteiger partial charge on any atom is 0.322 e. The van der Waals surface area contributed by atoms with Crippen LogP contribution in [0, 0.1) is 5.92 Å². The van der Waals surface area contributed by atoms with Gasteiger partial charge in [0.15, 0.2) is 5.92 Å². The van der Waals surface area contributed by atoms with E-state index in [0.717, 1.165) is 4.48 Å². The van der Waals surface area contributed by atoms with Crippen LogP contribution in [0.5, 0.6) is 0 Å².